The molecule has 0 spiro atoms. The lowest BCUT2D eigenvalue weighted by molar-refractivity contribution is 0.284. The zero-order valence-corrected chi connectivity index (χ0v) is 11.6. The molecule has 18 heavy (non-hydrogen) atoms. The summed E-state index contributed by atoms with van der Waals surface area (Å²) in [6, 6.07) is 4.97. The third-order valence-electron chi connectivity index (χ3n) is 2.26. The van der Waals surface area contributed by atoms with E-state index in [0.29, 0.717) is 5.56 Å². The van der Waals surface area contributed by atoms with Crippen molar-refractivity contribution in [3.63, 3.8) is 0 Å². The van der Waals surface area contributed by atoms with Crippen LogP contribution in [0.25, 0.3) is 0 Å². The molecule has 0 bridgehead atoms. The van der Waals surface area contributed by atoms with Gasteiger partial charge in [0.05, 0.1) is 17.3 Å². The van der Waals surface area contributed by atoms with Crippen LogP contribution in [0.5, 0.6) is 0 Å². The van der Waals surface area contributed by atoms with Gasteiger partial charge in [0.1, 0.15) is 0 Å². The highest BCUT2D eigenvalue weighted by Crippen LogP contribution is 2.18. The van der Waals surface area contributed by atoms with Crippen molar-refractivity contribution >= 4 is 20.2 Å². The third-order valence-corrected chi connectivity index (χ3v) is 4.54. The molecule has 0 aliphatic carbocycles. The Bertz CT molecular complexity index is 630. The van der Waals surface area contributed by atoms with Crippen LogP contribution in [0.4, 0.5) is 0 Å². The molecular formula is C10H14O6S2. The van der Waals surface area contributed by atoms with E-state index in [9.17, 15) is 16.8 Å². The third kappa shape index (κ3) is 4.37. The lowest BCUT2D eigenvalue weighted by Crippen LogP contribution is -2.16. The van der Waals surface area contributed by atoms with Crippen molar-refractivity contribution in [3.05, 3.63) is 29.3 Å². The number of aryl methyl sites for hydroxylation is 2. The first-order valence-electron chi connectivity index (χ1n) is 5.04. The van der Waals surface area contributed by atoms with E-state index in [1.54, 1.807) is 26.0 Å². The van der Waals surface area contributed by atoms with Gasteiger partial charge in [0, 0.05) is 0 Å². The zero-order valence-electron chi connectivity index (χ0n) is 9.95. The van der Waals surface area contributed by atoms with Gasteiger partial charge in [0.2, 0.25) is 0 Å². The molecule has 0 aliphatic rings. The molecule has 8 heteroatoms. The number of hydrogen-bond acceptors (Lipinski definition) is 5. The first-order valence-corrected chi connectivity index (χ1v) is 8.05. The second-order valence-corrected chi connectivity index (χ2v) is 7.01. The van der Waals surface area contributed by atoms with Gasteiger partial charge in [-0.1, -0.05) is 12.1 Å². The SMILES string of the molecule is Cc1ccc(C)c(S(=O)(=O)CCOS(=O)(=O)O)c1. The van der Waals surface area contributed by atoms with Gasteiger partial charge in [-0.25, -0.2) is 12.6 Å². The highest BCUT2D eigenvalue weighted by Gasteiger charge is 2.18. The van der Waals surface area contributed by atoms with Crippen LogP contribution >= 0.6 is 0 Å². The highest BCUT2D eigenvalue weighted by atomic mass is 32.3. The zero-order chi connectivity index (χ0) is 14.0. The summed E-state index contributed by atoms with van der Waals surface area (Å²) in [6.07, 6.45) is 0. The highest BCUT2D eigenvalue weighted by molar-refractivity contribution is 7.91. The van der Waals surface area contributed by atoms with Gasteiger partial charge >= 0.3 is 10.4 Å². The summed E-state index contributed by atoms with van der Waals surface area (Å²) in [5.41, 5.74) is 1.36. The minimum atomic E-state index is -4.61. The van der Waals surface area contributed by atoms with Crippen molar-refractivity contribution in [1.29, 1.82) is 0 Å². The van der Waals surface area contributed by atoms with E-state index in [1.807, 2.05) is 0 Å². The van der Waals surface area contributed by atoms with Gasteiger partial charge in [0.15, 0.2) is 9.84 Å². The molecular weight excluding hydrogens is 280 g/mol. The Balaban J connectivity index is 2.90. The first kappa shape index (κ1) is 15.1. The van der Waals surface area contributed by atoms with Gasteiger partial charge < -0.3 is 0 Å². The monoisotopic (exact) mass is 294 g/mol. The van der Waals surface area contributed by atoms with E-state index >= 15 is 0 Å². The Hall–Kier alpha value is -0.960. The maximum atomic E-state index is 11.9. The van der Waals surface area contributed by atoms with E-state index < -0.39 is 32.6 Å². The van der Waals surface area contributed by atoms with E-state index in [2.05, 4.69) is 4.18 Å². The number of sulfone groups is 1. The van der Waals surface area contributed by atoms with Gasteiger partial charge in [-0.05, 0) is 31.0 Å². The van der Waals surface area contributed by atoms with E-state index in [-0.39, 0.29) is 4.90 Å². The van der Waals surface area contributed by atoms with Crippen molar-refractivity contribution in [1.82, 2.24) is 0 Å². The van der Waals surface area contributed by atoms with Crippen molar-refractivity contribution in [3.8, 4) is 0 Å². The standard InChI is InChI=1S/C10H14O6S2/c1-8-3-4-9(2)10(7-8)17(11,12)6-5-16-18(13,14)15/h3-4,7H,5-6H2,1-2H3,(H,13,14,15). The topological polar surface area (TPSA) is 97.7 Å². The summed E-state index contributed by atoms with van der Waals surface area (Å²) in [5, 5.41) is 0. The number of rotatable bonds is 5. The molecule has 0 aromatic heterocycles. The summed E-state index contributed by atoms with van der Waals surface area (Å²) >= 11 is 0. The number of hydrogen-bond donors (Lipinski definition) is 1. The molecule has 1 aromatic carbocycles. The Morgan fingerprint density at radius 2 is 1.78 bits per heavy atom. The summed E-state index contributed by atoms with van der Waals surface area (Å²) in [7, 11) is -8.25. The van der Waals surface area contributed by atoms with E-state index in [4.69, 9.17) is 4.55 Å². The number of benzene rings is 1. The molecule has 1 aromatic rings. The first-order chi connectivity index (χ1) is 8.12. The molecule has 1 N–H and O–H groups in total. The van der Waals surface area contributed by atoms with Gasteiger partial charge in [-0.3, -0.25) is 4.55 Å². The quantitative estimate of drug-likeness (QED) is 0.810. The predicted molar refractivity (Wildman–Crippen MR) is 65.5 cm³/mol. The van der Waals surface area contributed by atoms with Crippen LogP contribution in [-0.4, -0.2) is 33.7 Å². The van der Waals surface area contributed by atoms with Crippen LogP contribution in [0.1, 0.15) is 11.1 Å². The van der Waals surface area contributed by atoms with Crippen LogP contribution in [0.3, 0.4) is 0 Å². The minimum Gasteiger partial charge on any atom is -0.264 e. The van der Waals surface area contributed by atoms with Crippen molar-refractivity contribution in [2.24, 2.45) is 0 Å². The molecule has 1 rings (SSSR count). The largest absolute Gasteiger partial charge is 0.397 e. The Labute approximate surface area is 106 Å². The average molecular weight is 294 g/mol. The van der Waals surface area contributed by atoms with Crippen LogP contribution in [0.2, 0.25) is 0 Å². The summed E-state index contributed by atoms with van der Waals surface area (Å²) in [4.78, 5) is 0.140. The molecule has 102 valence electrons. The Kier molecular flexibility index (Phi) is 4.49. The maximum Gasteiger partial charge on any atom is 0.397 e. The van der Waals surface area contributed by atoms with Gasteiger partial charge in [0.25, 0.3) is 0 Å². The molecule has 0 aliphatic heterocycles. The Morgan fingerprint density at radius 3 is 2.33 bits per heavy atom. The molecule has 6 nitrogen and oxygen atoms in total. The van der Waals surface area contributed by atoms with E-state index in [1.165, 1.54) is 6.07 Å². The summed E-state index contributed by atoms with van der Waals surface area (Å²) in [6.45, 7) is 2.79. The lowest BCUT2D eigenvalue weighted by Gasteiger charge is -2.08. The van der Waals surface area contributed by atoms with Gasteiger partial charge in [-0.15, -0.1) is 0 Å². The fourth-order valence-corrected chi connectivity index (χ4v) is 3.25. The fraction of sp³-hybridized carbons (Fsp3) is 0.400. The van der Waals surface area contributed by atoms with Crippen LogP contribution in [-0.2, 0) is 24.4 Å². The molecule has 0 heterocycles. The molecule has 0 fully saturated rings. The van der Waals surface area contributed by atoms with E-state index in [0.717, 1.165) is 5.56 Å². The second kappa shape index (κ2) is 5.35. The van der Waals surface area contributed by atoms with Gasteiger partial charge in [-0.2, -0.15) is 8.42 Å². The van der Waals surface area contributed by atoms with Crippen molar-refractivity contribution in [2.75, 3.05) is 12.4 Å². The summed E-state index contributed by atoms with van der Waals surface area (Å²) < 4.78 is 56.8. The fourth-order valence-electron chi connectivity index (χ4n) is 1.40. The van der Waals surface area contributed by atoms with Crippen LogP contribution < -0.4 is 0 Å². The average Bonchev–Trinajstić information content (AvgIpc) is 2.19. The smallest absolute Gasteiger partial charge is 0.264 e. The molecule has 0 saturated carbocycles. The summed E-state index contributed by atoms with van der Waals surface area (Å²) in [5.74, 6) is -0.517. The minimum absolute atomic E-state index is 0.140. The lowest BCUT2D eigenvalue weighted by atomic mass is 10.2. The second-order valence-electron chi connectivity index (χ2n) is 3.84. The molecule has 0 unspecified atom stereocenters. The molecule has 0 amide bonds. The molecule has 0 radical (unpaired) electrons. The van der Waals surface area contributed by atoms with Crippen molar-refractivity contribution in [2.45, 2.75) is 18.7 Å². The van der Waals surface area contributed by atoms with Crippen molar-refractivity contribution < 1.29 is 25.6 Å². The van der Waals surface area contributed by atoms with Crippen LogP contribution in [0.15, 0.2) is 23.1 Å². The predicted octanol–water partition coefficient (Wildman–Crippen LogP) is 0.897. The Morgan fingerprint density at radius 1 is 1.17 bits per heavy atom. The maximum absolute atomic E-state index is 11.9. The molecule has 0 atom stereocenters. The van der Waals surface area contributed by atoms with Crippen LogP contribution in [0, 0.1) is 13.8 Å². The normalized spacial score (nSPS) is 12.6. The molecule has 0 saturated heterocycles.